The Morgan fingerprint density at radius 3 is 2.46 bits per heavy atom. The largest absolute Gasteiger partial charge is 0.481 e. The van der Waals surface area contributed by atoms with Crippen LogP contribution >= 0.6 is 0 Å². The van der Waals surface area contributed by atoms with E-state index in [1.165, 1.54) is 11.9 Å². The molecule has 10 heteroatoms. The van der Waals surface area contributed by atoms with Crippen molar-refractivity contribution >= 4 is 11.9 Å². The average Bonchev–Trinajstić information content (AvgIpc) is 3.56. The second-order valence-corrected chi connectivity index (χ2v) is 19.8. The van der Waals surface area contributed by atoms with Crippen LogP contribution in [0.2, 0.25) is 0 Å². The Labute approximate surface area is 312 Å². The van der Waals surface area contributed by atoms with Crippen molar-refractivity contribution in [2.45, 2.75) is 139 Å². The van der Waals surface area contributed by atoms with Crippen molar-refractivity contribution in [1.29, 1.82) is 0 Å². The molecule has 1 amide bonds. The Morgan fingerprint density at radius 2 is 1.83 bits per heavy atom. The number of hydrogen-bond donors (Lipinski definition) is 3. The number of hydrogen-bond acceptors (Lipinski definition) is 7. The fraction of sp³-hybridized carbons (Fsp3) is 0.857. The first kappa shape index (κ1) is 39.4. The second-order valence-electron chi connectivity index (χ2n) is 19.8. The maximum Gasteiger partial charge on any atom is 0.307 e. The molecule has 0 radical (unpaired) electrons. The molecule has 0 aromatic carbocycles. The van der Waals surface area contributed by atoms with Crippen LogP contribution in [0.25, 0.3) is 0 Å². The van der Waals surface area contributed by atoms with Crippen LogP contribution in [-0.2, 0) is 14.3 Å². The monoisotopic (exact) mass is 724 g/mol. The van der Waals surface area contributed by atoms with E-state index >= 15 is 0 Å². The van der Waals surface area contributed by atoms with Crippen LogP contribution in [0.3, 0.4) is 0 Å². The summed E-state index contributed by atoms with van der Waals surface area (Å²) in [7, 11) is 0. The number of nitrogens with two attached hydrogens (primary N) is 1. The molecular formula is C42H69N5O5. The molecule has 0 spiro atoms. The summed E-state index contributed by atoms with van der Waals surface area (Å²) in [4.78, 5) is 31.6. The third-order valence-electron chi connectivity index (χ3n) is 16.6. The SMILES string of the molecule is CCCNC(=O)c1ncnn1[C@@H]1C[C@@]23COC[C@@](C)([C@@H]2CC[C@H]2C3=CC[C@@]3(C)[C@H](C(=O)O)[C@@](C)([C@H](C)C(C)C)CC[C@]23C)[C@H]1OC[C@](C)(N)C(C)C. The molecule has 2 heterocycles. The number of nitrogens with one attached hydrogen (secondary N) is 1. The van der Waals surface area contributed by atoms with Crippen molar-refractivity contribution in [1.82, 2.24) is 20.1 Å². The molecule has 1 aliphatic heterocycles. The maximum atomic E-state index is 13.6. The van der Waals surface area contributed by atoms with Gasteiger partial charge < -0.3 is 25.6 Å². The molecule has 2 bridgehead atoms. The topological polar surface area (TPSA) is 142 Å². The highest BCUT2D eigenvalue weighted by Crippen LogP contribution is 2.75. The van der Waals surface area contributed by atoms with Gasteiger partial charge in [0.2, 0.25) is 5.82 Å². The van der Waals surface area contributed by atoms with E-state index in [4.69, 9.17) is 20.3 Å². The van der Waals surface area contributed by atoms with Gasteiger partial charge in [-0.05, 0) is 97.7 Å². The van der Waals surface area contributed by atoms with E-state index in [9.17, 15) is 14.7 Å². The highest BCUT2D eigenvalue weighted by atomic mass is 16.5. The number of carbonyl (C=O) groups is 2. The number of ether oxygens (including phenoxy) is 2. The average molecular weight is 724 g/mol. The zero-order valence-corrected chi connectivity index (χ0v) is 34.1. The zero-order valence-electron chi connectivity index (χ0n) is 34.1. The fourth-order valence-electron chi connectivity index (χ4n) is 12.5. The molecule has 10 nitrogen and oxygen atoms in total. The molecule has 6 rings (SSSR count). The molecule has 4 aliphatic carbocycles. The standard InChI is InChI=1S/C42H69N5O5/c1-12-19-44-35(48)34-45-24-46-47(34)30-20-42-23-51-21-38(8,33(30)52-22-41(11,43)26(4)5)31(42)14-13-28-29(42)15-16-40(10)32(36(49)50)37(7,27(6)25(2)3)17-18-39(28,40)9/h15,24-28,30-33H,12-14,16-23,43H2,1-11H3,(H,44,48)(H,49,50)/t27-,28+,30-,31+,32-,33+,37-,38+,39-,40+,41+,42+/m1/s1. The number of rotatable bonds is 11. The van der Waals surface area contributed by atoms with Crippen LogP contribution in [0.4, 0.5) is 0 Å². The first-order chi connectivity index (χ1) is 24.2. The predicted octanol–water partition coefficient (Wildman–Crippen LogP) is 7.31. The van der Waals surface area contributed by atoms with Crippen molar-refractivity contribution in [3.05, 3.63) is 23.8 Å². The molecule has 4 N–H and O–H groups in total. The number of allylic oxidation sites excluding steroid dienone is 1. The molecule has 1 aromatic rings. The van der Waals surface area contributed by atoms with Gasteiger partial charge in [-0.25, -0.2) is 9.67 Å². The molecule has 12 atom stereocenters. The highest BCUT2D eigenvalue weighted by molar-refractivity contribution is 5.90. The Balaban J connectivity index is 1.47. The van der Waals surface area contributed by atoms with E-state index in [-0.39, 0.29) is 57.5 Å². The van der Waals surface area contributed by atoms with E-state index in [2.05, 4.69) is 85.6 Å². The van der Waals surface area contributed by atoms with Gasteiger partial charge in [-0.2, -0.15) is 5.10 Å². The summed E-state index contributed by atoms with van der Waals surface area (Å²) in [5, 5.41) is 18.9. The third-order valence-corrected chi connectivity index (χ3v) is 16.6. The number of fused-ring (bicyclic) bond motifs is 3. The molecule has 292 valence electrons. The molecule has 1 aromatic heterocycles. The number of nitrogens with zero attached hydrogens (tertiary/aromatic N) is 3. The van der Waals surface area contributed by atoms with Crippen molar-refractivity contribution in [3.8, 4) is 0 Å². The Kier molecular flexibility index (Phi) is 10.2. The van der Waals surface area contributed by atoms with Crippen molar-refractivity contribution in [2.24, 2.45) is 68.3 Å². The Hall–Kier alpha value is -2.30. The van der Waals surface area contributed by atoms with E-state index < -0.39 is 22.8 Å². The smallest absolute Gasteiger partial charge is 0.307 e. The molecule has 4 fully saturated rings. The molecule has 5 aliphatic rings. The fourth-order valence-corrected chi connectivity index (χ4v) is 12.5. The van der Waals surface area contributed by atoms with Crippen LogP contribution in [0, 0.1) is 62.6 Å². The van der Waals surface area contributed by atoms with Gasteiger partial charge in [0.25, 0.3) is 5.91 Å². The lowest BCUT2D eigenvalue weighted by atomic mass is 9.34. The van der Waals surface area contributed by atoms with Gasteiger partial charge in [0.1, 0.15) is 6.33 Å². The van der Waals surface area contributed by atoms with Crippen molar-refractivity contribution in [3.63, 3.8) is 0 Å². The molecule has 52 heavy (non-hydrogen) atoms. The molecular weight excluding hydrogens is 654 g/mol. The Morgan fingerprint density at radius 1 is 1.12 bits per heavy atom. The second kappa shape index (κ2) is 13.5. The number of aromatic nitrogens is 3. The van der Waals surface area contributed by atoms with E-state index in [0.717, 1.165) is 38.5 Å². The van der Waals surface area contributed by atoms with Gasteiger partial charge in [-0.3, -0.25) is 9.59 Å². The van der Waals surface area contributed by atoms with Crippen LogP contribution in [0.1, 0.15) is 138 Å². The summed E-state index contributed by atoms with van der Waals surface area (Å²) in [6, 6.07) is -0.271. The minimum atomic E-state index is -0.646. The summed E-state index contributed by atoms with van der Waals surface area (Å²) in [6.45, 7) is 26.5. The van der Waals surface area contributed by atoms with Gasteiger partial charge in [-0.15, -0.1) is 0 Å². The summed E-state index contributed by atoms with van der Waals surface area (Å²) < 4.78 is 15.6. The van der Waals surface area contributed by atoms with Gasteiger partial charge >= 0.3 is 5.97 Å². The number of aliphatic carboxylic acids is 1. The predicted molar refractivity (Wildman–Crippen MR) is 202 cm³/mol. The van der Waals surface area contributed by atoms with E-state index in [1.54, 1.807) is 0 Å². The number of carbonyl (C=O) groups excluding carboxylic acids is 1. The third kappa shape index (κ3) is 5.65. The Bertz CT molecular complexity index is 1550. The van der Waals surface area contributed by atoms with E-state index in [1.807, 2.05) is 11.6 Å². The van der Waals surface area contributed by atoms with Gasteiger partial charge in [0.05, 0.1) is 37.9 Å². The van der Waals surface area contributed by atoms with Crippen LogP contribution in [-0.4, -0.2) is 69.8 Å². The number of amides is 1. The summed E-state index contributed by atoms with van der Waals surface area (Å²) >= 11 is 0. The van der Waals surface area contributed by atoms with Crippen molar-refractivity contribution < 1.29 is 24.2 Å². The normalized spacial score (nSPS) is 41.7. The highest BCUT2D eigenvalue weighted by Gasteiger charge is 2.72. The molecule has 0 unspecified atom stereocenters. The van der Waals surface area contributed by atoms with Crippen LogP contribution < -0.4 is 11.1 Å². The summed E-state index contributed by atoms with van der Waals surface area (Å²) in [6.07, 6.45) is 9.88. The zero-order chi connectivity index (χ0) is 38.2. The van der Waals surface area contributed by atoms with E-state index in [0.29, 0.717) is 50.4 Å². The number of carboxylic acids is 1. The quantitative estimate of drug-likeness (QED) is 0.202. The lowest BCUT2D eigenvalue weighted by molar-refractivity contribution is -0.252. The lowest BCUT2D eigenvalue weighted by Gasteiger charge is -2.71. The lowest BCUT2D eigenvalue weighted by Crippen LogP contribution is -2.69. The first-order valence-corrected chi connectivity index (χ1v) is 20.3. The summed E-state index contributed by atoms with van der Waals surface area (Å²) in [5.74, 6) is 0.421. The minimum Gasteiger partial charge on any atom is -0.481 e. The van der Waals surface area contributed by atoms with Crippen LogP contribution in [0.15, 0.2) is 18.0 Å². The number of carboxylic acid groups (broad SMARTS) is 1. The summed E-state index contributed by atoms with van der Waals surface area (Å²) in [5.41, 5.74) is 6.17. The first-order valence-electron chi connectivity index (χ1n) is 20.3. The molecule has 3 saturated carbocycles. The maximum absolute atomic E-state index is 13.6. The van der Waals surface area contributed by atoms with Gasteiger partial charge in [0, 0.05) is 22.9 Å². The minimum absolute atomic E-state index is 0.191. The molecule has 1 saturated heterocycles. The van der Waals surface area contributed by atoms with Crippen molar-refractivity contribution in [2.75, 3.05) is 26.4 Å². The van der Waals surface area contributed by atoms with Gasteiger partial charge in [0.15, 0.2) is 0 Å². The van der Waals surface area contributed by atoms with Gasteiger partial charge in [-0.1, -0.05) is 80.9 Å². The van der Waals surface area contributed by atoms with Crippen LogP contribution in [0.5, 0.6) is 0 Å².